The van der Waals surface area contributed by atoms with E-state index in [4.69, 9.17) is 5.73 Å². The normalized spacial score (nSPS) is 12.9. The van der Waals surface area contributed by atoms with E-state index in [9.17, 15) is 10.2 Å². The van der Waals surface area contributed by atoms with Gasteiger partial charge < -0.3 is 15.9 Å². The highest BCUT2D eigenvalue weighted by atomic mass is 79.9. The zero-order chi connectivity index (χ0) is 10.7. The minimum Gasteiger partial charge on any atom is -0.507 e. The van der Waals surface area contributed by atoms with Crippen molar-refractivity contribution in [2.24, 2.45) is 5.73 Å². The van der Waals surface area contributed by atoms with Crippen molar-refractivity contribution < 1.29 is 10.2 Å². The van der Waals surface area contributed by atoms with Crippen molar-refractivity contribution in [2.45, 2.75) is 19.4 Å². The van der Waals surface area contributed by atoms with E-state index in [0.717, 1.165) is 16.5 Å². The van der Waals surface area contributed by atoms with E-state index in [2.05, 4.69) is 15.9 Å². The Kier molecular flexibility index (Phi) is 3.92. The average molecular weight is 260 g/mol. The number of aryl methyl sites for hydroxylation is 1. The average Bonchev–Trinajstić information content (AvgIpc) is 2.19. The Labute approximate surface area is 91.7 Å². The van der Waals surface area contributed by atoms with Crippen LogP contribution in [0.25, 0.3) is 0 Å². The summed E-state index contributed by atoms with van der Waals surface area (Å²) in [5, 5.41) is 19.3. The molecule has 0 aromatic heterocycles. The molecular weight excluding hydrogens is 246 g/mol. The van der Waals surface area contributed by atoms with Gasteiger partial charge in [-0.1, -0.05) is 22.9 Å². The van der Waals surface area contributed by atoms with Crippen molar-refractivity contribution in [3.63, 3.8) is 0 Å². The molecule has 1 unspecified atom stereocenters. The van der Waals surface area contributed by atoms with Crippen molar-refractivity contribution in [3.8, 4) is 5.75 Å². The van der Waals surface area contributed by atoms with Crippen molar-refractivity contribution in [3.05, 3.63) is 27.7 Å². The number of aliphatic hydroxyl groups is 1. The summed E-state index contributed by atoms with van der Waals surface area (Å²) in [5.41, 5.74) is 6.63. The second-order valence-electron chi connectivity index (χ2n) is 3.11. The molecule has 0 fully saturated rings. The molecule has 1 rings (SSSR count). The van der Waals surface area contributed by atoms with Crippen molar-refractivity contribution >= 4 is 15.9 Å². The van der Waals surface area contributed by atoms with Gasteiger partial charge in [0.05, 0.1) is 6.10 Å². The fraction of sp³-hybridized carbons (Fsp3) is 0.400. The third kappa shape index (κ3) is 2.26. The van der Waals surface area contributed by atoms with Gasteiger partial charge in [0, 0.05) is 16.6 Å². The van der Waals surface area contributed by atoms with Gasteiger partial charge in [-0.15, -0.1) is 0 Å². The van der Waals surface area contributed by atoms with E-state index in [1.54, 1.807) is 6.07 Å². The number of hydrogen-bond acceptors (Lipinski definition) is 3. The molecule has 3 nitrogen and oxygen atoms in total. The molecule has 0 aliphatic carbocycles. The SMILES string of the molecule is CCc1cc(Br)cc(C(O)CN)c1O. The second kappa shape index (κ2) is 4.77. The first kappa shape index (κ1) is 11.5. The Morgan fingerprint density at radius 2 is 2.14 bits per heavy atom. The number of phenolic OH excluding ortho intramolecular Hbond substituents is 1. The summed E-state index contributed by atoms with van der Waals surface area (Å²) in [4.78, 5) is 0. The van der Waals surface area contributed by atoms with Gasteiger partial charge in [0.25, 0.3) is 0 Å². The number of aliphatic hydroxyl groups excluding tert-OH is 1. The number of nitrogens with two attached hydrogens (primary N) is 1. The monoisotopic (exact) mass is 259 g/mol. The standard InChI is InChI=1S/C10H14BrNO2/c1-2-6-3-7(11)4-8(10(6)14)9(13)5-12/h3-4,9,13-14H,2,5,12H2,1H3. The lowest BCUT2D eigenvalue weighted by Gasteiger charge is -2.13. The van der Waals surface area contributed by atoms with Crippen LogP contribution in [0.15, 0.2) is 16.6 Å². The van der Waals surface area contributed by atoms with Gasteiger partial charge in [-0.3, -0.25) is 0 Å². The van der Waals surface area contributed by atoms with E-state index >= 15 is 0 Å². The Bertz CT molecular complexity index is 328. The highest BCUT2D eigenvalue weighted by Crippen LogP contribution is 2.31. The fourth-order valence-electron chi connectivity index (χ4n) is 1.33. The van der Waals surface area contributed by atoms with Crippen LogP contribution in [0.4, 0.5) is 0 Å². The van der Waals surface area contributed by atoms with Crippen LogP contribution in [0.2, 0.25) is 0 Å². The largest absolute Gasteiger partial charge is 0.507 e. The van der Waals surface area contributed by atoms with E-state index in [1.807, 2.05) is 13.0 Å². The minimum atomic E-state index is -0.808. The first-order chi connectivity index (χ1) is 6.60. The van der Waals surface area contributed by atoms with E-state index in [-0.39, 0.29) is 12.3 Å². The van der Waals surface area contributed by atoms with Crippen LogP contribution in [-0.4, -0.2) is 16.8 Å². The maximum absolute atomic E-state index is 9.78. The molecule has 1 atom stereocenters. The summed E-state index contributed by atoms with van der Waals surface area (Å²) in [6.07, 6.45) is -0.0898. The number of aromatic hydroxyl groups is 1. The molecule has 4 heteroatoms. The molecule has 0 heterocycles. The number of halogens is 1. The summed E-state index contributed by atoms with van der Waals surface area (Å²) in [7, 11) is 0. The number of rotatable bonds is 3. The van der Waals surface area contributed by atoms with Crippen molar-refractivity contribution in [1.29, 1.82) is 0 Å². The summed E-state index contributed by atoms with van der Waals surface area (Å²) in [6, 6.07) is 3.52. The van der Waals surface area contributed by atoms with Gasteiger partial charge in [0.15, 0.2) is 0 Å². The molecule has 0 spiro atoms. The number of hydrogen-bond donors (Lipinski definition) is 3. The molecule has 0 bridgehead atoms. The molecule has 0 saturated heterocycles. The topological polar surface area (TPSA) is 66.5 Å². The van der Waals surface area contributed by atoms with E-state index < -0.39 is 6.10 Å². The van der Waals surface area contributed by atoms with Crippen LogP contribution in [0.3, 0.4) is 0 Å². The lowest BCUT2D eigenvalue weighted by molar-refractivity contribution is 0.182. The van der Waals surface area contributed by atoms with Crippen LogP contribution in [0.1, 0.15) is 24.2 Å². The zero-order valence-corrected chi connectivity index (χ0v) is 9.58. The number of phenols is 1. The second-order valence-corrected chi connectivity index (χ2v) is 4.02. The highest BCUT2D eigenvalue weighted by molar-refractivity contribution is 9.10. The summed E-state index contributed by atoms with van der Waals surface area (Å²) in [6.45, 7) is 2.05. The van der Waals surface area contributed by atoms with Gasteiger partial charge >= 0.3 is 0 Å². The molecule has 14 heavy (non-hydrogen) atoms. The Morgan fingerprint density at radius 3 is 2.64 bits per heavy atom. The predicted octanol–water partition coefficient (Wildman–Crippen LogP) is 1.71. The van der Waals surface area contributed by atoms with E-state index in [1.165, 1.54) is 0 Å². The van der Waals surface area contributed by atoms with Gasteiger partial charge in [-0.25, -0.2) is 0 Å². The third-order valence-corrected chi connectivity index (χ3v) is 2.60. The maximum Gasteiger partial charge on any atom is 0.124 e. The van der Waals surface area contributed by atoms with E-state index in [0.29, 0.717) is 5.56 Å². The van der Waals surface area contributed by atoms with Crippen LogP contribution in [0.5, 0.6) is 5.75 Å². The molecule has 0 aliphatic heterocycles. The molecule has 1 aromatic rings. The molecule has 0 saturated carbocycles. The lowest BCUT2D eigenvalue weighted by atomic mass is 10.0. The summed E-state index contributed by atoms with van der Waals surface area (Å²) >= 11 is 3.32. The molecular formula is C10H14BrNO2. The van der Waals surface area contributed by atoms with Crippen molar-refractivity contribution in [1.82, 2.24) is 0 Å². The minimum absolute atomic E-state index is 0.104. The molecule has 4 N–H and O–H groups in total. The first-order valence-electron chi connectivity index (χ1n) is 4.49. The van der Waals surface area contributed by atoms with Gasteiger partial charge in [-0.2, -0.15) is 0 Å². The third-order valence-electron chi connectivity index (χ3n) is 2.15. The zero-order valence-electron chi connectivity index (χ0n) is 8.00. The summed E-state index contributed by atoms with van der Waals surface area (Å²) < 4.78 is 0.842. The summed E-state index contributed by atoms with van der Waals surface area (Å²) in [5.74, 6) is 0.147. The van der Waals surface area contributed by atoms with Gasteiger partial charge in [0.1, 0.15) is 5.75 Å². The molecule has 0 amide bonds. The van der Waals surface area contributed by atoms with Gasteiger partial charge in [-0.05, 0) is 24.1 Å². The quantitative estimate of drug-likeness (QED) is 0.775. The first-order valence-corrected chi connectivity index (χ1v) is 5.28. The fourth-order valence-corrected chi connectivity index (χ4v) is 1.85. The molecule has 78 valence electrons. The Balaban J connectivity index is 3.21. The van der Waals surface area contributed by atoms with Crippen LogP contribution in [-0.2, 0) is 6.42 Å². The Hall–Kier alpha value is -0.580. The number of benzene rings is 1. The lowest BCUT2D eigenvalue weighted by Crippen LogP contribution is -2.12. The van der Waals surface area contributed by atoms with Gasteiger partial charge in [0.2, 0.25) is 0 Å². The van der Waals surface area contributed by atoms with Crippen LogP contribution >= 0.6 is 15.9 Å². The molecule has 1 aromatic carbocycles. The highest BCUT2D eigenvalue weighted by Gasteiger charge is 2.14. The van der Waals surface area contributed by atoms with Crippen LogP contribution in [0, 0.1) is 0 Å². The molecule has 0 radical (unpaired) electrons. The maximum atomic E-state index is 9.78. The molecule has 0 aliphatic rings. The van der Waals surface area contributed by atoms with Crippen LogP contribution < -0.4 is 5.73 Å². The van der Waals surface area contributed by atoms with Crippen molar-refractivity contribution in [2.75, 3.05) is 6.54 Å². The smallest absolute Gasteiger partial charge is 0.124 e. The predicted molar refractivity (Wildman–Crippen MR) is 59.2 cm³/mol. The Morgan fingerprint density at radius 1 is 1.50 bits per heavy atom.